The maximum Gasteiger partial charge on any atom is 0.353 e. The molecule has 100 valence electrons. The molecule has 0 radical (unpaired) electrons. The summed E-state index contributed by atoms with van der Waals surface area (Å²) in [6.45, 7) is 3.63. The monoisotopic (exact) mass is 263 g/mol. The highest BCUT2D eigenvalue weighted by Crippen LogP contribution is 2.16. The van der Waals surface area contributed by atoms with E-state index >= 15 is 0 Å². The molecule has 1 amide bonds. The van der Waals surface area contributed by atoms with Gasteiger partial charge in [-0.25, -0.2) is 4.79 Å². The number of carboxylic acid groups (broad SMARTS) is 1. The molecule has 1 atom stereocenters. The van der Waals surface area contributed by atoms with Crippen LogP contribution in [0.4, 0.5) is 5.69 Å². The smallest absolute Gasteiger partial charge is 0.353 e. The minimum Gasteiger partial charge on any atom is -0.477 e. The molecule has 2 N–H and O–H groups in total. The zero-order valence-electron chi connectivity index (χ0n) is 10.5. The Morgan fingerprint density at radius 1 is 1.42 bits per heavy atom. The predicted molar refractivity (Wildman–Crippen MR) is 66.9 cm³/mol. The lowest BCUT2D eigenvalue weighted by Crippen LogP contribution is -2.29. The molecule has 2 rings (SSSR count). The Morgan fingerprint density at radius 2 is 2.16 bits per heavy atom. The van der Waals surface area contributed by atoms with Gasteiger partial charge in [0, 0.05) is 12.1 Å². The second-order valence-corrected chi connectivity index (χ2v) is 4.22. The van der Waals surface area contributed by atoms with E-state index in [9.17, 15) is 9.59 Å². The lowest BCUT2D eigenvalue weighted by Gasteiger charge is -2.11. The minimum absolute atomic E-state index is 0.0422. The molecule has 0 aromatic carbocycles. The van der Waals surface area contributed by atoms with Gasteiger partial charge in [0.15, 0.2) is 5.71 Å². The number of hydrogen-bond acceptors (Lipinski definition) is 5. The lowest BCUT2D eigenvalue weighted by molar-refractivity contribution is -0.129. The first kappa shape index (κ1) is 13.0. The molecule has 1 aliphatic heterocycles. The van der Waals surface area contributed by atoms with Crippen LogP contribution in [0.1, 0.15) is 17.8 Å². The molecule has 0 aliphatic carbocycles. The molecule has 7 heteroatoms. The number of aromatic nitrogens is 1. The van der Waals surface area contributed by atoms with Crippen molar-refractivity contribution in [3.8, 4) is 0 Å². The standard InChI is InChI=1S/C12H13N3O4/c1-6-3-4-8(7(2)13-6)14-11(16)10-5-9(12(17)18)15-19-10/h3-4,10H,5H2,1-2H3,(H,14,16)(H,17,18). The van der Waals surface area contributed by atoms with Gasteiger partial charge in [-0.3, -0.25) is 9.78 Å². The number of aliphatic carboxylic acids is 1. The maximum absolute atomic E-state index is 11.9. The van der Waals surface area contributed by atoms with E-state index in [0.717, 1.165) is 5.69 Å². The minimum atomic E-state index is -1.18. The molecule has 0 spiro atoms. The Hall–Kier alpha value is -2.44. The maximum atomic E-state index is 11.9. The summed E-state index contributed by atoms with van der Waals surface area (Å²) in [7, 11) is 0. The highest BCUT2D eigenvalue weighted by atomic mass is 16.6. The van der Waals surface area contributed by atoms with Crippen LogP contribution in [-0.4, -0.2) is 33.8 Å². The van der Waals surface area contributed by atoms with Crippen molar-refractivity contribution >= 4 is 23.3 Å². The first-order chi connectivity index (χ1) is 8.97. The number of carbonyl (C=O) groups is 2. The SMILES string of the molecule is Cc1ccc(NC(=O)C2CC(C(=O)O)=NO2)c(C)n1. The number of aryl methyl sites for hydroxylation is 2. The van der Waals surface area contributed by atoms with Gasteiger partial charge in [-0.15, -0.1) is 0 Å². The van der Waals surface area contributed by atoms with Crippen molar-refractivity contribution in [1.29, 1.82) is 0 Å². The van der Waals surface area contributed by atoms with E-state index in [0.29, 0.717) is 11.4 Å². The van der Waals surface area contributed by atoms with Gasteiger partial charge in [-0.1, -0.05) is 5.16 Å². The summed E-state index contributed by atoms with van der Waals surface area (Å²) in [6.07, 6.45) is -0.953. The molecule has 0 bridgehead atoms. The summed E-state index contributed by atoms with van der Waals surface area (Å²) < 4.78 is 0. The first-order valence-electron chi connectivity index (χ1n) is 5.68. The second kappa shape index (κ2) is 5.05. The van der Waals surface area contributed by atoms with Gasteiger partial charge in [-0.2, -0.15) is 0 Å². The zero-order valence-corrected chi connectivity index (χ0v) is 10.5. The summed E-state index contributed by atoms with van der Waals surface area (Å²) in [5, 5.41) is 14.7. The fourth-order valence-corrected chi connectivity index (χ4v) is 1.68. The normalized spacial score (nSPS) is 17.6. The lowest BCUT2D eigenvalue weighted by atomic mass is 10.1. The van der Waals surface area contributed by atoms with Gasteiger partial charge in [0.05, 0.1) is 11.4 Å². The Kier molecular flexibility index (Phi) is 3.46. The Labute approximate surface area is 109 Å². The van der Waals surface area contributed by atoms with Crippen molar-refractivity contribution < 1.29 is 19.5 Å². The van der Waals surface area contributed by atoms with Crippen LogP contribution < -0.4 is 5.32 Å². The number of hydrogen-bond donors (Lipinski definition) is 2. The molecule has 1 unspecified atom stereocenters. The Balaban J connectivity index is 2.01. The van der Waals surface area contributed by atoms with Gasteiger partial charge in [0.1, 0.15) is 0 Å². The zero-order chi connectivity index (χ0) is 14.0. The third-order valence-electron chi connectivity index (χ3n) is 2.69. The molecule has 0 fully saturated rings. The van der Waals surface area contributed by atoms with Gasteiger partial charge in [-0.05, 0) is 26.0 Å². The van der Waals surface area contributed by atoms with Crippen LogP contribution in [0.15, 0.2) is 17.3 Å². The third kappa shape index (κ3) is 2.87. The van der Waals surface area contributed by atoms with Gasteiger partial charge in [0.25, 0.3) is 5.91 Å². The Morgan fingerprint density at radius 3 is 2.74 bits per heavy atom. The summed E-state index contributed by atoms with van der Waals surface area (Å²) in [5.74, 6) is -1.61. The average molecular weight is 263 g/mol. The van der Waals surface area contributed by atoms with E-state index < -0.39 is 18.0 Å². The number of anilines is 1. The highest BCUT2D eigenvalue weighted by molar-refractivity contribution is 6.36. The van der Waals surface area contributed by atoms with Crippen LogP contribution >= 0.6 is 0 Å². The molecule has 19 heavy (non-hydrogen) atoms. The molecule has 2 heterocycles. The molecule has 0 saturated heterocycles. The first-order valence-corrected chi connectivity index (χ1v) is 5.68. The summed E-state index contributed by atoms with van der Waals surface area (Å²) in [5.41, 5.74) is 1.96. The largest absolute Gasteiger partial charge is 0.477 e. The van der Waals surface area contributed by atoms with Crippen molar-refractivity contribution in [3.05, 3.63) is 23.5 Å². The number of carbonyl (C=O) groups excluding carboxylic acids is 1. The number of oxime groups is 1. The van der Waals surface area contributed by atoms with Crippen molar-refractivity contribution in [2.45, 2.75) is 26.4 Å². The van der Waals surface area contributed by atoms with Crippen LogP contribution in [0.5, 0.6) is 0 Å². The van der Waals surface area contributed by atoms with Crippen LogP contribution in [0.25, 0.3) is 0 Å². The molecule has 7 nitrogen and oxygen atoms in total. The highest BCUT2D eigenvalue weighted by Gasteiger charge is 2.31. The van der Waals surface area contributed by atoms with E-state index in [1.807, 2.05) is 6.92 Å². The fourth-order valence-electron chi connectivity index (χ4n) is 1.68. The van der Waals surface area contributed by atoms with Crippen molar-refractivity contribution in [3.63, 3.8) is 0 Å². The Bertz CT molecular complexity index is 568. The number of pyridine rings is 1. The van der Waals surface area contributed by atoms with Crippen LogP contribution in [0, 0.1) is 13.8 Å². The summed E-state index contributed by atoms with van der Waals surface area (Å²) in [4.78, 5) is 31.6. The van der Waals surface area contributed by atoms with Crippen molar-refractivity contribution in [1.82, 2.24) is 4.98 Å². The van der Waals surface area contributed by atoms with Gasteiger partial charge in [0.2, 0.25) is 6.10 Å². The average Bonchev–Trinajstić information content (AvgIpc) is 2.82. The summed E-state index contributed by atoms with van der Waals surface area (Å²) >= 11 is 0. The van der Waals surface area contributed by atoms with Crippen LogP contribution in [-0.2, 0) is 14.4 Å². The quantitative estimate of drug-likeness (QED) is 0.842. The molecule has 1 aromatic rings. The van der Waals surface area contributed by atoms with E-state index in [1.54, 1.807) is 19.1 Å². The van der Waals surface area contributed by atoms with E-state index in [4.69, 9.17) is 9.94 Å². The van der Waals surface area contributed by atoms with Gasteiger partial charge < -0.3 is 15.3 Å². The number of nitrogens with one attached hydrogen (secondary N) is 1. The number of amides is 1. The van der Waals surface area contributed by atoms with Crippen LogP contribution in [0.2, 0.25) is 0 Å². The number of nitrogens with zero attached hydrogens (tertiary/aromatic N) is 2. The van der Waals surface area contributed by atoms with E-state index in [1.165, 1.54) is 0 Å². The third-order valence-corrected chi connectivity index (χ3v) is 2.69. The predicted octanol–water partition coefficient (Wildman–Crippen LogP) is 0.866. The number of carboxylic acids is 1. The molecular formula is C12H13N3O4. The molecule has 0 saturated carbocycles. The second-order valence-electron chi connectivity index (χ2n) is 4.22. The summed E-state index contributed by atoms with van der Waals surface area (Å²) in [6, 6.07) is 3.51. The fraction of sp³-hybridized carbons (Fsp3) is 0.333. The molecule has 1 aromatic heterocycles. The van der Waals surface area contributed by atoms with E-state index in [-0.39, 0.29) is 12.1 Å². The number of rotatable bonds is 3. The molecule has 1 aliphatic rings. The van der Waals surface area contributed by atoms with Gasteiger partial charge >= 0.3 is 5.97 Å². The van der Waals surface area contributed by atoms with E-state index in [2.05, 4.69) is 15.5 Å². The topological polar surface area (TPSA) is 101 Å². The van der Waals surface area contributed by atoms with Crippen molar-refractivity contribution in [2.75, 3.05) is 5.32 Å². The molecular weight excluding hydrogens is 250 g/mol. The van der Waals surface area contributed by atoms with Crippen LogP contribution in [0.3, 0.4) is 0 Å². The van der Waals surface area contributed by atoms with Crippen molar-refractivity contribution in [2.24, 2.45) is 5.16 Å².